The molecule has 3 fully saturated rings. The van der Waals surface area contributed by atoms with E-state index in [1.165, 1.54) is 6.07 Å². The third kappa shape index (κ3) is 6.11. The van der Waals surface area contributed by atoms with Crippen LogP contribution in [0.25, 0.3) is 0 Å². The molecule has 3 amide bonds. The summed E-state index contributed by atoms with van der Waals surface area (Å²) < 4.78 is 41.0. The van der Waals surface area contributed by atoms with E-state index in [0.29, 0.717) is 24.7 Å². The zero-order valence-electron chi connectivity index (χ0n) is 22.7. The third-order valence-electron chi connectivity index (χ3n) is 9.24. The molecule has 0 unspecified atom stereocenters. The maximum atomic E-state index is 14.1. The summed E-state index contributed by atoms with van der Waals surface area (Å²) >= 11 is 5.99. The molecule has 1 aromatic carbocycles. The number of halogens is 4. The number of amides is 3. The number of urea groups is 1. The molecule has 0 radical (unpaired) electrons. The van der Waals surface area contributed by atoms with Crippen LogP contribution < -0.4 is 11.4 Å². The summed E-state index contributed by atoms with van der Waals surface area (Å²) in [6.45, 7) is 1.82. The van der Waals surface area contributed by atoms with E-state index in [1.54, 1.807) is 21.7 Å². The number of carbonyl (C=O) groups is 2. The van der Waals surface area contributed by atoms with Crippen LogP contribution in [0.4, 0.5) is 18.0 Å². The zero-order chi connectivity index (χ0) is 29.4. The SMILES string of the molecule is NN(C(=O)C(F)(F)F)[C@@H]1CCN(C(=O)N2CC[C@@H](Cn3ccc(Cl)cc3=O)C3(CCCC3)C2)[C@H](c2ccccc2)C1. The topological polar surface area (TPSA) is 91.9 Å². The van der Waals surface area contributed by atoms with Crippen LogP contribution in [0.5, 0.6) is 0 Å². The van der Waals surface area contributed by atoms with E-state index in [2.05, 4.69) is 0 Å². The van der Waals surface area contributed by atoms with Crippen LogP contribution in [0.15, 0.2) is 53.5 Å². The van der Waals surface area contributed by atoms with Gasteiger partial charge in [-0.1, -0.05) is 54.8 Å². The Morgan fingerprint density at radius 1 is 1.07 bits per heavy atom. The minimum atomic E-state index is -5.07. The van der Waals surface area contributed by atoms with Gasteiger partial charge in [0.25, 0.3) is 5.56 Å². The molecule has 222 valence electrons. The quantitative estimate of drug-likeness (QED) is 0.308. The number of hydrogen-bond donors (Lipinski definition) is 1. The average molecular weight is 594 g/mol. The highest BCUT2D eigenvalue weighted by Crippen LogP contribution is 2.49. The number of pyridine rings is 1. The predicted octanol–water partition coefficient (Wildman–Crippen LogP) is 4.97. The summed E-state index contributed by atoms with van der Waals surface area (Å²) in [6.07, 6.45) is 1.71. The molecular weight excluding hydrogens is 559 g/mol. The lowest BCUT2D eigenvalue weighted by atomic mass is 9.69. The molecule has 0 bridgehead atoms. The summed E-state index contributed by atoms with van der Waals surface area (Å²) in [5, 5.41) is 0.690. The van der Waals surface area contributed by atoms with Crippen LogP contribution in [0, 0.1) is 11.3 Å². The summed E-state index contributed by atoms with van der Waals surface area (Å²) in [4.78, 5) is 42.1. The van der Waals surface area contributed by atoms with Gasteiger partial charge in [0.2, 0.25) is 0 Å². The lowest BCUT2D eigenvalue weighted by molar-refractivity contribution is -0.189. The van der Waals surface area contributed by atoms with Crippen LogP contribution in [0.2, 0.25) is 5.02 Å². The van der Waals surface area contributed by atoms with Gasteiger partial charge in [0.15, 0.2) is 0 Å². The number of likely N-dealkylation sites (tertiary alicyclic amines) is 2. The first-order valence-corrected chi connectivity index (χ1v) is 14.5. The number of nitrogens with zero attached hydrogens (tertiary/aromatic N) is 4. The smallest absolute Gasteiger partial charge is 0.324 e. The van der Waals surface area contributed by atoms with E-state index in [9.17, 15) is 27.6 Å². The second-order valence-corrected chi connectivity index (χ2v) is 12.0. The van der Waals surface area contributed by atoms with Gasteiger partial charge in [0.1, 0.15) is 0 Å². The van der Waals surface area contributed by atoms with Crippen LogP contribution >= 0.6 is 11.6 Å². The van der Waals surface area contributed by atoms with Crippen LogP contribution in [0.3, 0.4) is 0 Å². The van der Waals surface area contributed by atoms with Crippen molar-refractivity contribution in [3.05, 3.63) is 69.6 Å². The molecule has 8 nitrogen and oxygen atoms in total. The van der Waals surface area contributed by atoms with E-state index in [1.807, 2.05) is 35.2 Å². The Hall–Kier alpha value is -3.05. The van der Waals surface area contributed by atoms with Crippen molar-refractivity contribution in [3.8, 4) is 0 Å². The highest BCUT2D eigenvalue weighted by Gasteiger charge is 2.49. The van der Waals surface area contributed by atoms with Crippen molar-refractivity contribution in [2.75, 3.05) is 19.6 Å². The lowest BCUT2D eigenvalue weighted by Crippen LogP contribution is -2.59. The normalized spacial score (nSPS) is 24.5. The van der Waals surface area contributed by atoms with E-state index >= 15 is 0 Å². The van der Waals surface area contributed by atoms with Gasteiger partial charge in [-0.3, -0.25) is 14.6 Å². The van der Waals surface area contributed by atoms with Gasteiger partial charge in [-0.25, -0.2) is 10.6 Å². The van der Waals surface area contributed by atoms with Gasteiger partial charge in [-0.2, -0.15) is 13.2 Å². The van der Waals surface area contributed by atoms with Crippen molar-refractivity contribution in [3.63, 3.8) is 0 Å². The second kappa shape index (κ2) is 11.7. The van der Waals surface area contributed by atoms with Crippen LogP contribution in [-0.2, 0) is 11.3 Å². The minimum Gasteiger partial charge on any atom is -0.324 e. The Morgan fingerprint density at radius 3 is 2.44 bits per heavy atom. The van der Waals surface area contributed by atoms with E-state index < -0.39 is 24.2 Å². The second-order valence-electron chi connectivity index (χ2n) is 11.6. The summed E-state index contributed by atoms with van der Waals surface area (Å²) in [5.74, 6) is 3.82. The van der Waals surface area contributed by atoms with Crippen molar-refractivity contribution >= 4 is 23.5 Å². The Labute approximate surface area is 241 Å². The molecule has 2 aliphatic heterocycles. The van der Waals surface area contributed by atoms with Gasteiger partial charge in [0, 0.05) is 43.5 Å². The maximum absolute atomic E-state index is 14.1. The highest BCUT2D eigenvalue weighted by atomic mass is 35.5. The molecule has 2 aromatic rings. The number of rotatable bonds is 4. The molecule has 3 heterocycles. The van der Waals surface area contributed by atoms with E-state index in [4.69, 9.17) is 17.4 Å². The molecule has 1 aliphatic carbocycles. The van der Waals surface area contributed by atoms with Crippen molar-refractivity contribution < 1.29 is 22.8 Å². The molecule has 2 N–H and O–H groups in total. The standard InChI is InChI=1S/C29H35ClF3N5O3/c30-22-9-14-35(25(39)16-22)18-21-8-13-36(19-28(21)11-4-5-12-28)27(41)37-15-10-23(38(34)26(40)29(31,32)33)17-24(37)20-6-2-1-3-7-20/h1-3,6-7,9,14,16,21,23-24H,4-5,8,10-13,15,17-19,34H2/t21-,23+,24-/m0/s1. The predicted molar refractivity (Wildman–Crippen MR) is 148 cm³/mol. The monoisotopic (exact) mass is 593 g/mol. The number of hydrazine groups is 1. The van der Waals surface area contributed by atoms with Gasteiger partial charge < -0.3 is 14.4 Å². The van der Waals surface area contributed by atoms with Gasteiger partial charge in [-0.15, -0.1) is 0 Å². The van der Waals surface area contributed by atoms with Crippen LogP contribution in [0.1, 0.15) is 56.6 Å². The van der Waals surface area contributed by atoms with Crippen molar-refractivity contribution in [1.29, 1.82) is 0 Å². The molecule has 1 saturated carbocycles. The third-order valence-corrected chi connectivity index (χ3v) is 9.47. The molecule has 12 heteroatoms. The Kier molecular flexibility index (Phi) is 8.39. The molecule has 5 rings (SSSR count). The fraction of sp³-hybridized carbons (Fsp3) is 0.552. The number of alkyl halides is 3. The number of nitrogens with two attached hydrogens (primary N) is 1. The summed E-state index contributed by atoms with van der Waals surface area (Å²) in [7, 11) is 0. The fourth-order valence-electron chi connectivity index (χ4n) is 7.09. The average Bonchev–Trinajstić information content (AvgIpc) is 3.42. The Bertz CT molecular complexity index is 1310. The summed E-state index contributed by atoms with van der Waals surface area (Å²) in [6, 6.07) is 10.7. The zero-order valence-corrected chi connectivity index (χ0v) is 23.5. The van der Waals surface area contributed by atoms with Gasteiger partial charge in [-0.05, 0) is 55.1 Å². The van der Waals surface area contributed by atoms with Crippen molar-refractivity contribution in [2.45, 2.75) is 69.8 Å². The minimum absolute atomic E-state index is 0.106. The molecule has 1 aromatic heterocycles. The number of benzene rings is 1. The first-order chi connectivity index (χ1) is 19.5. The van der Waals surface area contributed by atoms with Gasteiger partial charge in [0.05, 0.1) is 12.1 Å². The van der Waals surface area contributed by atoms with Crippen molar-refractivity contribution in [1.82, 2.24) is 19.4 Å². The largest absolute Gasteiger partial charge is 0.472 e. The maximum Gasteiger partial charge on any atom is 0.472 e. The first kappa shape index (κ1) is 29.4. The van der Waals surface area contributed by atoms with Gasteiger partial charge >= 0.3 is 18.1 Å². The fourth-order valence-corrected chi connectivity index (χ4v) is 7.23. The van der Waals surface area contributed by atoms with E-state index in [-0.39, 0.29) is 47.3 Å². The van der Waals surface area contributed by atoms with Crippen LogP contribution in [-0.4, -0.2) is 63.2 Å². The summed E-state index contributed by atoms with van der Waals surface area (Å²) in [5.41, 5.74) is 0.530. The Morgan fingerprint density at radius 2 is 1.78 bits per heavy atom. The molecule has 41 heavy (non-hydrogen) atoms. The Balaban J connectivity index is 1.35. The number of hydrogen-bond acceptors (Lipinski definition) is 4. The van der Waals surface area contributed by atoms with E-state index in [0.717, 1.165) is 37.7 Å². The molecule has 2 saturated heterocycles. The number of carbonyl (C=O) groups excluding carboxylic acids is 2. The number of aromatic nitrogens is 1. The molecule has 1 spiro atoms. The lowest BCUT2D eigenvalue weighted by Gasteiger charge is -2.50. The van der Waals surface area contributed by atoms with Crippen molar-refractivity contribution in [2.24, 2.45) is 17.2 Å². The first-order valence-electron chi connectivity index (χ1n) is 14.1. The molecule has 3 atom stereocenters. The highest BCUT2D eigenvalue weighted by molar-refractivity contribution is 6.30. The molecular formula is C29H35ClF3N5O3. The number of piperidine rings is 2. The molecule has 3 aliphatic rings.